The molecule has 0 aromatic carbocycles. The van der Waals surface area contributed by atoms with Gasteiger partial charge in [0, 0.05) is 19.0 Å². The van der Waals surface area contributed by atoms with Gasteiger partial charge in [-0.05, 0) is 45.1 Å². The lowest BCUT2D eigenvalue weighted by Crippen LogP contribution is -2.43. The Morgan fingerprint density at radius 1 is 1.28 bits per heavy atom. The summed E-state index contributed by atoms with van der Waals surface area (Å²) >= 11 is 0. The van der Waals surface area contributed by atoms with Crippen molar-refractivity contribution in [2.75, 3.05) is 13.1 Å². The van der Waals surface area contributed by atoms with Gasteiger partial charge in [-0.1, -0.05) is 26.2 Å². The van der Waals surface area contributed by atoms with Gasteiger partial charge in [0.1, 0.15) is 0 Å². The highest BCUT2D eigenvalue weighted by atomic mass is 16.2. The van der Waals surface area contributed by atoms with Crippen LogP contribution in [0.2, 0.25) is 0 Å². The average Bonchev–Trinajstić information content (AvgIpc) is 2.40. The zero-order valence-electron chi connectivity index (χ0n) is 12.4. The van der Waals surface area contributed by atoms with Crippen LogP contribution >= 0.6 is 0 Å². The summed E-state index contributed by atoms with van der Waals surface area (Å²) in [6.07, 6.45) is 7.72. The van der Waals surface area contributed by atoms with Gasteiger partial charge in [0.2, 0.25) is 5.91 Å². The average molecular weight is 254 g/mol. The highest BCUT2D eigenvalue weighted by molar-refractivity contribution is 5.77. The first-order valence-corrected chi connectivity index (χ1v) is 7.58. The molecule has 1 unspecified atom stereocenters. The number of nitrogens with two attached hydrogens (primary N) is 1. The van der Waals surface area contributed by atoms with Gasteiger partial charge in [-0.25, -0.2) is 0 Å². The van der Waals surface area contributed by atoms with Gasteiger partial charge in [-0.3, -0.25) is 4.79 Å². The van der Waals surface area contributed by atoms with Gasteiger partial charge in [-0.2, -0.15) is 0 Å². The Morgan fingerprint density at radius 3 is 2.33 bits per heavy atom. The summed E-state index contributed by atoms with van der Waals surface area (Å²) in [4.78, 5) is 14.5. The second kappa shape index (κ2) is 7.13. The van der Waals surface area contributed by atoms with Gasteiger partial charge in [0.15, 0.2) is 0 Å². The molecule has 18 heavy (non-hydrogen) atoms. The van der Waals surface area contributed by atoms with Crippen LogP contribution in [0.3, 0.4) is 0 Å². The Balaban J connectivity index is 2.65. The van der Waals surface area contributed by atoms with Crippen molar-refractivity contribution in [3.05, 3.63) is 0 Å². The third-order valence-corrected chi connectivity index (χ3v) is 4.66. The maximum Gasteiger partial charge on any atom is 0.223 e. The largest absolute Gasteiger partial charge is 0.340 e. The van der Waals surface area contributed by atoms with Gasteiger partial charge in [-0.15, -0.1) is 0 Å². The summed E-state index contributed by atoms with van der Waals surface area (Å²) < 4.78 is 0. The van der Waals surface area contributed by atoms with Crippen molar-refractivity contribution in [1.29, 1.82) is 0 Å². The summed E-state index contributed by atoms with van der Waals surface area (Å²) in [7, 11) is 0. The van der Waals surface area contributed by atoms with E-state index in [1.807, 2.05) is 4.90 Å². The molecule has 1 amide bonds. The summed E-state index contributed by atoms with van der Waals surface area (Å²) in [6.45, 7) is 7.82. The van der Waals surface area contributed by atoms with Crippen molar-refractivity contribution in [2.24, 2.45) is 11.1 Å². The van der Waals surface area contributed by atoms with Crippen molar-refractivity contribution in [1.82, 2.24) is 4.90 Å². The number of amides is 1. The van der Waals surface area contributed by atoms with E-state index in [1.165, 1.54) is 19.3 Å². The molecule has 3 nitrogen and oxygen atoms in total. The predicted molar refractivity (Wildman–Crippen MR) is 76.3 cm³/mol. The maximum absolute atomic E-state index is 12.5. The monoisotopic (exact) mass is 254 g/mol. The van der Waals surface area contributed by atoms with E-state index in [4.69, 9.17) is 5.73 Å². The van der Waals surface area contributed by atoms with Gasteiger partial charge >= 0.3 is 0 Å². The van der Waals surface area contributed by atoms with E-state index in [-0.39, 0.29) is 5.41 Å². The van der Waals surface area contributed by atoms with Gasteiger partial charge in [0.25, 0.3) is 0 Å². The summed E-state index contributed by atoms with van der Waals surface area (Å²) in [5.74, 6) is 0.305. The number of hydrogen-bond donors (Lipinski definition) is 1. The molecule has 0 heterocycles. The number of nitrogens with zero attached hydrogens (tertiary/aromatic N) is 1. The Morgan fingerprint density at radius 2 is 1.89 bits per heavy atom. The number of carbonyl (C=O) groups is 1. The van der Waals surface area contributed by atoms with Crippen molar-refractivity contribution in [2.45, 2.75) is 71.8 Å². The first-order chi connectivity index (χ1) is 8.58. The molecule has 1 aliphatic rings. The van der Waals surface area contributed by atoms with Crippen molar-refractivity contribution in [3.8, 4) is 0 Å². The van der Waals surface area contributed by atoms with Crippen LogP contribution in [-0.4, -0.2) is 29.9 Å². The van der Waals surface area contributed by atoms with Crippen molar-refractivity contribution >= 4 is 5.91 Å². The molecule has 1 saturated carbocycles. The standard InChI is InChI=1S/C15H30N2O/c1-4-13(3)17(5-2)14(18)11-15(12-16)9-7-6-8-10-15/h13H,4-12,16H2,1-3H3. The van der Waals surface area contributed by atoms with Crippen LogP contribution in [0.15, 0.2) is 0 Å². The van der Waals surface area contributed by atoms with E-state index < -0.39 is 0 Å². The molecule has 106 valence electrons. The third kappa shape index (κ3) is 3.71. The molecule has 0 aliphatic heterocycles. The van der Waals surface area contributed by atoms with Crippen LogP contribution in [-0.2, 0) is 4.79 Å². The minimum absolute atomic E-state index is 0.0935. The number of carbonyl (C=O) groups excluding carboxylic acids is 1. The summed E-state index contributed by atoms with van der Waals surface area (Å²) in [5.41, 5.74) is 6.06. The van der Waals surface area contributed by atoms with E-state index in [1.54, 1.807) is 0 Å². The van der Waals surface area contributed by atoms with E-state index in [9.17, 15) is 4.79 Å². The molecule has 0 saturated heterocycles. The van der Waals surface area contributed by atoms with E-state index in [0.717, 1.165) is 25.8 Å². The molecule has 1 aliphatic carbocycles. The second-order valence-electron chi connectivity index (χ2n) is 5.88. The topological polar surface area (TPSA) is 46.3 Å². The Bertz CT molecular complexity index is 259. The lowest BCUT2D eigenvalue weighted by molar-refractivity contribution is -0.136. The highest BCUT2D eigenvalue weighted by Gasteiger charge is 2.34. The first kappa shape index (κ1) is 15.5. The molecular formula is C15H30N2O. The minimum atomic E-state index is 0.0935. The van der Waals surface area contributed by atoms with Crippen molar-refractivity contribution < 1.29 is 4.79 Å². The van der Waals surface area contributed by atoms with Crippen LogP contribution in [0.4, 0.5) is 0 Å². The van der Waals surface area contributed by atoms with E-state index in [2.05, 4.69) is 20.8 Å². The Kier molecular flexibility index (Phi) is 6.13. The normalized spacial score (nSPS) is 20.4. The lowest BCUT2D eigenvalue weighted by atomic mass is 9.71. The second-order valence-corrected chi connectivity index (χ2v) is 5.88. The highest BCUT2D eigenvalue weighted by Crippen LogP contribution is 2.38. The predicted octanol–water partition coefficient (Wildman–Crippen LogP) is 2.93. The van der Waals surface area contributed by atoms with Gasteiger partial charge in [0.05, 0.1) is 0 Å². The number of rotatable bonds is 6. The minimum Gasteiger partial charge on any atom is -0.340 e. The van der Waals surface area contributed by atoms with Gasteiger partial charge < -0.3 is 10.6 Å². The van der Waals surface area contributed by atoms with Crippen LogP contribution in [0, 0.1) is 5.41 Å². The molecule has 1 rings (SSSR count). The molecule has 1 atom stereocenters. The van der Waals surface area contributed by atoms with Crippen molar-refractivity contribution in [3.63, 3.8) is 0 Å². The Labute approximate surface area is 112 Å². The van der Waals surface area contributed by atoms with Crippen LogP contribution in [0.1, 0.15) is 65.7 Å². The zero-order chi connectivity index (χ0) is 13.6. The molecule has 0 bridgehead atoms. The summed E-state index contributed by atoms with van der Waals surface area (Å²) in [6, 6.07) is 0.348. The smallest absolute Gasteiger partial charge is 0.223 e. The van der Waals surface area contributed by atoms with Crippen LogP contribution in [0.5, 0.6) is 0 Å². The molecular weight excluding hydrogens is 224 g/mol. The SMILES string of the molecule is CCC(C)N(CC)C(=O)CC1(CN)CCCCC1. The third-order valence-electron chi connectivity index (χ3n) is 4.66. The molecule has 0 radical (unpaired) electrons. The fourth-order valence-corrected chi connectivity index (χ4v) is 3.13. The fourth-order valence-electron chi connectivity index (χ4n) is 3.13. The molecule has 0 aromatic heterocycles. The van der Waals surface area contributed by atoms with E-state index >= 15 is 0 Å². The first-order valence-electron chi connectivity index (χ1n) is 7.58. The number of hydrogen-bond acceptors (Lipinski definition) is 2. The zero-order valence-corrected chi connectivity index (χ0v) is 12.4. The molecule has 0 spiro atoms. The Hall–Kier alpha value is -0.570. The molecule has 3 heteroatoms. The molecule has 2 N–H and O–H groups in total. The van der Waals surface area contributed by atoms with E-state index in [0.29, 0.717) is 24.9 Å². The van der Waals surface area contributed by atoms with Crippen LogP contribution < -0.4 is 5.73 Å². The van der Waals surface area contributed by atoms with Crippen LogP contribution in [0.25, 0.3) is 0 Å². The maximum atomic E-state index is 12.5. The molecule has 0 aromatic rings. The lowest BCUT2D eigenvalue weighted by Gasteiger charge is -2.38. The summed E-state index contributed by atoms with van der Waals surface area (Å²) in [5, 5.41) is 0. The molecule has 1 fully saturated rings. The quantitative estimate of drug-likeness (QED) is 0.792. The fraction of sp³-hybridized carbons (Fsp3) is 0.933.